The van der Waals surface area contributed by atoms with Crippen LogP contribution in [-0.4, -0.2) is 35.6 Å². The summed E-state index contributed by atoms with van der Waals surface area (Å²) < 4.78 is 0. The van der Waals surface area contributed by atoms with Crippen LogP contribution in [0.25, 0.3) is 0 Å². The van der Waals surface area contributed by atoms with E-state index in [0.29, 0.717) is 12.1 Å². The van der Waals surface area contributed by atoms with Gasteiger partial charge in [0.15, 0.2) is 0 Å². The largest absolute Gasteiger partial charge is 0.394 e. The van der Waals surface area contributed by atoms with Gasteiger partial charge in [-0.05, 0) is 36.0 Å². The zero-order valence-corrected chi connectivity index (χ0v) is 18.8. The van der Waals surface area contributed by atoms with E-state index in [2.05, 4.69) is 16.0 Å². The second-order valence-corrected chi connectivity index (χ2v) is 8.58. The first kappa shape index (κ1) is 24.6. The van der Waals surface area contributed by atoms with Crippen LogP contribution in [0.1, 0.15) is 45.7 Å². The quantitative estimate of drug-likeness (QED) is 0.444. The lowest BCUT2D eigenvalue weighted by Gasteiger charge is -2.29. The molecule has 3 atom stereocenters. The molecule has 6 heteroatoms. The van der Waals surface area contributed by atoms with Crippen molar-refractivity contribution < 1.29 is 14.7 Å². The van der Waals surface area contributed by atoms with E-state index in [1.807, 2.05) is 88.4 Å². The van der Waals surface area contributed by atoms with Crippen LogP contribution in [0.3, 0.4) is 0 Å². The van der Waals surface area contributed by atoms with Gasteiger partial charge in [-0.1, -0.05) is 76.2 Å². The minimum atomic E-state index is -0.653. The fraction of sp³-hybridized carbons (Fsp3) is 0.440. The summed E-state index contributed by atoms with van der Waals surface area (Å²) in [4.78, 5) is 26.1. The fourth-order valence-electron chi connectivity index (χ4n) is 3.44. The topological polar surface area (TPSA) is 90.5 Å². The molecule has 168 valence electrons. The van der Waals surface area contributed by atoms with Crippen molar-refractivity contribution in [3.8, 4) is 0 Å². The molecule has 6 nitrogen and oxygen atoms in total. The highest BCUT2D eigenvalue weighted by Crippen LogP contribution is 2.16. The van der Waals surface area contributed by atoms with Gasteiger partial charge < -0.3 is 15.7 Å². The number of amides is 2. The van der Waals surface area contributed by atoms with Crippen LogP contribution in [0.15, 0.2) is 60.7 Å². The summed E-state index contributed by atoms with van der Waals surface area (Å²) >= 11 is 0. The van der Waals surface area contributed by atoms with Crippen LogP contribution in [0.4, 0.5) is 5.69 Å². The second kappa shape index (κ2) is 12.2. The highest BCUT2D eigenvalue weighted by Gasteiger charge is 2.30. The predicted molar refractivity (Wildman–Crippen MR) is 124 cm³/mol. The predicted octanol–water partition coefficient (Wildman–Crippen LogP) is 3.50. The van der Waals surface area contributed by atoms with E-state index in [0.717, 1.165) is 5.56 Å². The molecule has 0 heterocycles. The molecule has 2 rings (SSSR count). The summed E-state index contributed by atoms with van der Waals surface area (Å²) in [6.45, 7) is 7.79. The Morgan fingerprint density at radius 2 is 1.45 bits per heavy atom. The Morgan fingerprint density at radius 3 is 1.97 bits per heavy atom. The molecular formula is C25H35N3O3. The van der Waals surface area contributed by atoms with Crippen molar-refractivity contribution in [3.63, 3.8) is 0 Å². The van der Waals surface area contributed by atoms with E-state index in [1.165, 1.54) is 0 Å². The fourth-order valence-corrected chi connectivity index (χ4v) is 3.44. The number of carbonyl (C=O) groups excluding carboxylic acids is 2. The van der Waals surface area contributed by atoms with Crippen LogP contribution in [0.5, 0.6) is 0 Å². The summed E-state index contributed by atoms with van der Waals surface area (Å²) in [5.74, 6) is -0.294. The molecule has 0 bridgehead atoms. The standard InChI is InChI=1S/C25H35N3O3/c1-17(2)15-21(24(30)26-20-13-9-6-10-14-20)28-25(31)23(18(3)4)27-22(16-29)19-11-7-5-8-12-19/h5-14,17-18,21-23,27,29H,15-16H2,1-4H3,(H,26,30)(H,28,31)/t21-,22+,23+/m0/s1. The van der Waals surface area contributed by atoms with Crippen molar-refractivity contribution in [2.75, 3.05) is 11.9 Å². The normalized spacial score (nSPS) is 14.2. The second-order valence-electron chi connectivity index (χ2n) is 8.58. The van der Waals surface area contributed by atoms with Crippen molar-refractivity contribution >= 4 is 17.5 Å². The third-order valence-electron chi connectivity index (χ3n) is 5.10. The highest BCUT2D eigenvalue weighted by molar-refractivity contribution is 5.97. The van der Waals surface area contributed by atoms with E-state index in [1.54, 1.807) is 0 Å². The minimum Gasteiger partial charge on any atom is -0.394 e. The molecule has 4 N–H and O–H groups in total. The van der Waals surface area contributed by atoms with Gasteiger partial charge >= 0.3 is 0 Å². The van der Waals surface area contributed by atoms with Crippen LogP contribution >= 0.6 is 0 Å². The molecule has 0 radical (unpaired) electrons. The lowest BCUT2D eigenvalue weighted by Crippen LogP contribution is -2.54. The van der Waals surface area contributed by atoms with E-state index < -0.39 is 12.1 Å². The third kappa shape index (κ3) is 7.81. The maximum absolute atomic E-state index is 13.2. The summed E-state index contributed by atoms with van der Waals surface area (Å²) in [6.07, 6.45) is 0.525. The number of benzene rings is 2. The molecule has 31 heavy (non-hydrogen) atoms. The number of para-hydroxylation sites is 1. The molecule has 0 unspecified atom stereocenters. The van der Waals surface area contributed by atoms with Gasteiger partial charge in [-0.3, -0.25) is 14.9 Å². The van der Waals surface area contributed by atoms with E-state index in [-0.39, 0.29) is 36.3 Å². The molecule has 0 fully saturated rings. The Balaban J connectivity index is 2.13. The zero-order valence-electron chi connectivity index (χ0n) is 18.8. The lowest BCUT2D eigenvalue weighted by molar-refractivity contribution is -0.129. The summed E-state index contributed by atoms with van der Waals surface area (Å²) in [7, 11) is 0. The van der Waals surface area contributed by atoms with E-state index >= 15 is 0 Å². The van der Waals surface area contributed by atoms with E-state index in [9.17, 15) is 14.7 Å². The zero-order chi connectivity index (χ0) is 22.8. The molecule has 2 amide bonds. The Kier molecular flexibility index (Phi) is 9.69. The minimum absolute atomic E-state index is 0.0327. The van der Waals surface area contributed by atoms with Crippen LogP contribution < -0.4 is 16.0 Å². The van der Waals surface area contributed by atoms with Crippen LogP contribution in [0, 0.1) is 11.8 Å². The molecular weight excluding hydrogens is 390 g/mol. The number of aliphatic hydroxyl groups is 1. The van der Waals surface area contributed by atoms with Crippen molar-refractivity contribution in [1.29, 1.82) is 0 Å². The maximum atomic E-state index is 13.2. The molecule has 0 aliphatic heterocycles. The first-order valence-corrected chi connectivity index (χ1v) is 10.9. The number of anilines is 1. The van der Waals surface area contributed by atoms with Gasteiger partial charge in [-0.2, -0.15) is 0 Å². The lowest BCUT2D eigenvalue weighted by atomic mass is 9.98. The SMILES string of the molecule is CC(C)C[C@H](NC(=O)[C@H](N[C@H](CO)c1ccccc1)C(C)C)C(=O)Nc1ccccc1. The first-order chi connectivity index (χ1) is 14.8. The van der Waals surface area contributed by atoms with Gasteiger partial charge in [-0.25, -0.2) is 0 Å². The number of carbonyl (C=O) groups is 2. The average molecular weight is 426 g/mol. The van der Waals surface area contributed by atoms with Gasteiger partial charge in [-0.15, -0.1) is 0 Å². The van der Waals surface area contributed by atoms with Crippen molar-refractivity contribution in [2.45, 2.75) is 52.2 Å². The summed E-state index contributed by atoms with van der Waals surface area (Å²) in [5.41, 5.74) is 1.60. The monoisotopic (exact) mass is 425 g/mol. The number of aliphatic hydroxyl groups excluding tert-OH is 1. The van der Waals surface area contributed by atoms with Gasteiger partial charge in [0.1, 0.15) is 6.04 Å². The first-order valence-electron chi connectivity index (χ1n) is 10.9. The Morgan fingerprint density at radius 1 is 0.871 bits per heavy atom. The maximum Gasteiger partial charge on any atom is 0.246 e. The van der Waals surface area contributed by atoms with Crippen LogP contribution in [-0.2, 0) is 9.59 Å². The highest BCUT2D eigenvalue weighted by atomic mass is 16.3. The average Bonchev–Trinajstić information content (AvgIpc) is 2.74. The number of rotatable bonds is 11. The molecule has 0 aliphatic carbocycles. The Bertz CT molecular complexity index is 809. The van der Waals surface area contributed by atoms with Crippen molar-refractivity contribution in [3.05, 3.63) is 66.2 Å². The number of nitrogens with one attached hydrogen (secondary N) is 3. The van der Waals surface area contributed by atoms with Crippen molar-refractivity contribution in [2.24, 2.45) is 11.8 Å². The molecule has 2 aromatic carbocycles. The van der Waals surface area contributed by atoms with E-state index in [4.69, 9.17) is 0 Å². The molecule has 2 aromatic rings. The molecule has 0 spiro atoms. The Labute approximate surface area is 185 Å². The van der Waals surface area contributed by atoms with Gasteiger partial charge in [0.05, 0.1) is 18.7 Å². The Hall–Kier alpha value is -2.70. The summed E-state index contributed by atoms with van der Waals surface area (Å²) in [6, 6.07) is 17.2. The molecule has 0 aliphatic rings. The molecule has 0 saturated carbocycles. The third-order valence-corrected chi connectivity index (χ3v) is 5.10. The number of hydrogen-bond acceptors (Lipinski definition) is 4. The molecule has 0 aromatic heterocycles. The van der Waals surface area contributed by atoms with Crippen LogP contribution in [0.2, 0.25) is 0 Å². The smallest absolute Gasteiger partial charge is 0.246 e. The number of hydrogen-bond donors (Lipinski definition) is 4. The van der Waals surface area contributed by atoms with Gasteiger partial charge in [0, 0.05) is 5.69 Å². The van der Waals surface area contributed by atoms with Crippen molar-refractivity contribution in [1.82, 2.24) is 10.6 Å². The summed E-state index contributed by atoms with van der Waals surface area (Å²) in [5, 5.41) is 19.0. The molecule has 0 saturated heterocycles. The van der Waals surface area contributed by atoms with Gasteiger partial charge in [0.25, 0.3) is 0 Å². The van der Waals surface area contributed by atoms with Gasteiger partial charge in [0.2, 0.25) is 11.8 Å².